The zero-order valence-corrected chi connectivity index (χ0v) is 12.6. The first-order valence-electron chi connectivity index (χ1n) is 7.19. The summed E-state index contributed by atoms with van der Waals surface area (Å²) in [5.74, 6) is 0. The Labute approximate surface area is 124 Å². The van der Waals surface area contributed by atoms with Crippen LogP contribution in [0.4, 0.5) is 4.79 Å². The first-order chi connectivity index (χ1) is 9.76. The fourth-order valence-corrected chi connectivity index (χ4v) is 3.50. The molecule has 3 fully saturated rings. The lowest BCUT2D eigenvalue weighted by Crippen LogP contribution is -2.77. The number of nitrogens with one attached hydrogen (secondary N) is 1. The van der Waals surface area contributed by atoms with E-state index in [4.69, 9.17) is 4.74 Å². The molecule has 2 bridgehead atoms. The van der Waals surface area contributed by atoms with E-state index in [9.17, 15) is 9.59 Å². The molecule has 3 aliphatic carbocycles. The van der Waals surface area contributed by atoms with E-state index in [1.54, 1.807) is 12.3 Å². The topological polar surface area (TPSA) is 68.3 Å². The zero-order chi connectivity index (χ0) is 15.3. The van der Waals surface area contributed by atoms with Gasteiger partial charge in [0.05, 0.1) is 0 Å². The number of alkyl carbamates (subject to hydrolysis) is 1. The number of carbonyl (C=O) groups is 2. The van der Waals surface area contributed by atoms with Crippen molar-refractivity contribution in [3.63, 3.8) is 0 Å². The predicted octanol–water partition coefficient (Wildman–Crippen LogP) is 2.59. The number of hydrogen-bond donors (Lipinski definition) is 1. The summed E-state index contributed by atoms with van der Waals surface area (Å²) in [6, 6.07) is 3.71. The molecule has 1 aromatic rings. The third-order valence-corrected chi connectivity index (χ3v) is 4.26. The highest BCUT2D eigenvalue weighted by molar-refractivity contribution is 5.74. The van der Waals surface area contributed by atoms with Gasteiger partial charge in [-0.25, -0.2) is 4.79 Å². The highest BCUT2D eigenvalue weighted by atomic mass is 16.6. The highest BCUT2D eigenvalue weighted by Crippen LogP contribution is 2.67. The predicted molar refractivity (Wildman–Crippen MR) is 77.3 cm³/mol. The van der Waals surface area contributed by atoms with Gasteiger partial charge < -0.3 is 10.1 Å². The first kappa shape index (κ1) is 14.0. The normalized spacial score (nSPS) is 29.9. The molecule has 1 amide bonds. The Bertz CT molecular complexity index is 567. The summed E-state index contributed by atoms with van der Waals surface area (Å²) in [6.07, 6.45) is 4.74. The number of amides is 1. The number of rotatable bonds is 3. The monoisotopic (exact) mass is 288 g/mol. The standard InChI is InChI=1S/C16H20N2O3/c1-14(2,3)21-13(20)18-16-8-15(9-16,10-16)12-5-4-11(7-19)6-17-12/h4-7H,8-10H2,1-3H3,(H,18,20). The van der Waals surface area contributed by atoms with E-state index in [0.29, 0.717) is 5.56 Å². The Morgan fingerprint density at radius 3 is 2.48 bits per heavy atom. The second-order valence-electron chi connectivity index (χ2n) is 7.31. The van der Waals surface area contributed by atoms with Gasteiger partial charge in [0.25, 0.3) is 0 Å². The van der Waals surface area contributed by atoms with Crippen LogP contribution in [0.2, 0.25) is 0 Å². The molecule has 0 aliphatic heterocycles. The number of pyridine rings is 1. The van der Waals surface area contributed by atoms with E-state index < -0.39 is 5.60 Å². The van der Waals surface area contributed by atoms with Crippen molar-refractivity contribution >= 4 is 12.4 Å². The van der Waals surface area contributed by atoms with Crippen molar-refractivity contribution in [1.82, 2.24) is 10.3 Å². The van der Waals surface area contributed by atoms with Crippen LogP contribution in [0.15, 0.2) is 18.3 Å². The Morgan fingerprint density at radius 2 is 2.00 bits per heavy atom. The van der Waals surface area contributed by atoms with E-state index in [1.807, 2.05) is 26.8 Å². The molecule has 0 spiro atoms. The largest absolute Gasteiger partial charge is 0.444 e. The number of hydrogen-bond acceptors (Lipinski definition) is 4. The van der Waals surface area contributed by atoms with Gasteiger partial charge in [0.1, 0.15) is 5.60 Å². The smallest absolute Gasteiger partial charge is 0.408 e. The van der Waals surface area contributed by atoms with E-state index in [2.05, 4.69) is 10.3 Å². The Balaban J connectivity index is 1.59. The molecule has 1 heterocycles. The molecule has 4 rings (SSSR count). The first-order valence-corrected chi connectivity index (χ1v) is 7.19. The van der Waals surface area contributed by atoms with Crippen LogP contribution < -0.4 is 5.32 Å². The minimum Gasteiger partial charge on any atom is -0.444 e. The van der Waals surface area contributed by atoms with Crippen LogP contribution >= 0.6 is 0 Å². The molecule has 0 unspecified atom stereocenters. The van der Waals surface area contributed by atoms with Crippen molar-refractivity contribution in [1.29, 1.82) is 0 Å². The molecule has 5 heteroatoms. The van der Waals surface area contributed by atoms with Gasteiger partial charge in [-0.05, 0) is 52.2 Å². The molecular formula is C16H20N2O3. The second-order valence-corrected chi connectivity index (χ2v) is 7.31. The molecule has 5 nitrogen and oxygen atoms in total. The minimum absolute atomic E-state index is 0.0798. The summed E-state index contributed by atoms with van der Waals surface area (Å²) >= 11 is 0. The van der Waals surface area contributed by atoms with Gasteiger partial charge in [0, 0.05) is 28.4 Å². The maximum atomic E-state index is 11.8. The highest BCUT2D eigenvalue weighted by Gasteiger charge is 2.70. The van der Waals surface area contributed by atoms with Crippen LogP contribution in [0.25, 0.3) is 0 Å². The van der Waals surface area contributed by atoms with E-state index in [0.717, 1.165) is 31.2 Å². The Morgan fingerprint density at radius 1 is 1.33 bits per heavy atom. The van der Waals surface area contributed by atoms with Crippen molar-refractivity contribution < 1.29 is 14.3 Å². The SMILES string of the molecule is CC(C)(C)OC(=O)NC12CC(c3ccc(C=O)cn3)(C1)C2. The summed E-state index contributed by atoms with van der Waals surface area (Å²) in [4.78, 5) is 26.8. The maximum Gasteiger partial charge on any atom is 0.408 e. The van der Waals surface area contributed by atoms with E-state index in [-0.39, 0.29) is 17.0 Å². The lowest BCUT2D eigenvalue weighted by atomic mass is 9.38. The average molecular weight is 288 g/mol. The second kappa shape index (κ2) is 4.29. The summed E-state index contributed by atoms with van der Waals surface area (Å²) < 4.78 is 5.30. The molecule has 3 aliphatic rings. The van der Waals surface area contributed by atoms with Crippen LogP contribution in [-0.4, -0.2) is 28.5 Å². The number of carbonyl (C=O) groups excluding carboxylic acids is 2. The molecule has 0 atom stereocenters. The van der Waals surface area contributed by atoms with Crippen molar-refractivity contribution in [2.45, 2.75) is 56.6 Å². The molecule has 0 radical (unpaired) electrons. The van der Waals surface area contributed by atoms with Gasteiger partial charge in [-0.3, -0.25) is 9.78 Å². The van der Waals surface area contributed by atoms with Crippen molar-refractivity contribution in [3.8, 4) is 0 Å². The van der Waals surface area contributed by atoms with Gasteiger partial charge in [-0.15, -0.1) is 0 Å². The van der Waals surface area contributed by atoms with Gasteiger partial charge >= 0.3 is 6.09 Å². The number of aromatic nitrogens is 1. The Hall–Kier alpha value is -1.91. The Kier molecular flexibility index (Phi) is 2.87. The molecule has 0 aromatic carbocycles. The molecule has 0 saturated heterocycles. The maximum absolute atomic E-state index is 11.8. The van der Waals surface area contributed by atoms with Crippen molar-refractivity contribution in [2.75, 3.05) is 0 Å². The van der Waals surface area contributed by atoms with Crippen LogP contribution in [-0.2, 0) is 10.2 Å². The molecule has 1 N–H and O–H groups in total. The van der Waals surface area contributed by atoms with Gasteiger partial charge in [-0.1, -0.05) is 0 Å². The van der Waals surface area contributed by atoms with E-state index >= 15 is 0 Å². The summed E-state index contributed by atoms with van der Waals surface area (Å²) in [6.45, 7) is 5.57. The van der Waals surface area contributed by atoms with Crippen LogP contribution in [0.5, 0.6) is 0 Å². The van der Waals surface area contributed by atoms with Crippen LogP contribution in [0, 0.1) is 0 Å². The third-order valence-electron chi connectivity index (χ3n) is 4.26. The fourth-order valence-electron chi connectivity index (χ4n) is 3.50. The molecular weight excluding hydrogens is 268 g/mol. The van der Waals surface area contributed by atoms with E-state index in [1.165, 1.54) is 0 Å². The van der Waals surface area contributed by atoms with Crippen molar-refractivity contribution in [3.05, 3.63) is 29.6 Å². The average Bonchev–Trinajstić information content (AvgIpc) is 2.30. The van der Waals surface area contributed by atoms with Crippen LogP contribution in [0.1, 0.15) is 56.1 Å². The lowest BCUT2D eigenvalue weighted by Gasteiger charge is -2.70. The fraction of sp³-hybridized carbons (Fsp3) is 0.562. The summed E-state index contributed by atoms with van der Waals surface area (Å²) in [5.41, 5.74) is 1.09. The van der Waals surface area contributed by atoms with Crippen LogP contribution in [0.3, 0.4) is 0 Å². The molecule has 1 aromatic heterocycles. The summed E-state index contributed by atoms with van der Waals surface area (Å²) in [7, 11) is 0. The quantitative estimate of drug-likeness (QED) is 0.868. The zero-order valence-electron chi connectivity index (χ0n) is 12.6. The molecule has 3 saturated carbocycles. The van der Waals surface area contributed by atoms with Gasteiger partial charge in [0.15, 0.2) is 6.29 Å². The van der Waals surface area contributed by atoms with Crippen molar-refractivity contribution in [2.24, 2.45) is 0 Å². The third kappa shape index (κ3) is 2.41. The molecule has 112 valence electrons. The number of nitrogens with zero attached hydrogens (tertiary/aromatic N) is 1. The molecule has 21 heavy (non-hydrogen) atoms. The summed E-state index contributed by atoms with van der Waals surface area (Å²) in [5, 5.41) is 2.99. The van der Waals surface area contributed by atoms with Gasteiger partial charge in [0.2, 0.25) is 0 Å². The number of aldehydes is 1. The number of ether oxygens (including phenoxy) is 1. The minimum atomic E-state index is -0.475. The lowest BCUT2D eigenvalue weighted by molar-refractivity contribution is -0.0908. The van der Waals surface area contributed by atoms with Gasteiger partial charge in [-0.2, -0.15) is 0 Å².